The number of carboxylic acids is 1. The zero-order valence-electron chi connectivity index (χ0n) is 9.24. The highest BCUT2D eigenvalue weighted by molar-refractivity contribution is 8.01. The van der Waals surface area contributed by atoms with E-state index in [2.05, 4.69) is 11.8 Å². The maximum Gasteiger partial charge on any atom is 0.322 e. The van der Waals surface area contributed by atoms with E-state index in [-0.39, 0.29) is 10.8 Å². The number of rotatable bonds is 3. The number of carboxylic acid groups (broad SMARTS) is 1. The van der Waals surface area contributed by atoms with Gasteiger partial charge in [0.2, 0.25) is 0 Å². The van der Waals surface area contributed by atoms with E-state index in [4.69, 9.17) is 0 Å². The summed E-state index contributed by atoms with van der Waals surface area (Å²) in [5.74, 6) is 0.488. The lowest BCUT2D eigenvalue weighted by Gasteiger charge is -2.36. The summed E-state index contributed by atoms with van der Waals surface area (Å²) in [6, 6.07) is -0.271. The van der Waals surface area contributed by atoms with Gasteiger partial charge in [0.15, 0.2) is 0 Å². The molecule has 4 heteroatoms. The van der Waals surface area contributed by atoms with Crippen molar-refractivity contribution < 1.29 is 9.90 Å². The fraction of sp³-hybridized carbons (Fsp3) is 0.909. The third-order valence-corrected chi connectivity index (χ3v) is 5.15. The Morgan fingerprint density at radius 3 is 2.53 bits per heavy atom. The van der Waals surface area contributed by atoms with Crippen molar-refractivity contribution in [1.82, 2.24) is 4.90 Å². The van der Waals surface area contributed by atoms with Gasteiger partial charge in [0.25, 0.3) is 0 Å². The van der Waals surface area contributed by atoms with Gasteiger partial charge < -0.3 is 5.11 Å². The summed E-state index contributed by atoms with van der Waals surface area (Å²) in [6.45, 7) is 4.06. The van der Waals surface area contributed by atoms with Gasteiger partial charge in [-0.2, -0.15) is 11.8 Å². The highest BCUT2D eigenvalue weighted by Crippen LogP contribution is 2.43. The molecule has 2 unspecified atom stereocenters. The first kappa shape index (κ1) is 11.3. The van der Waals surface area contributed by atoms with E-state index in [0.29, 0.717) is 0 Å². The standard InChI is InChI=1S/C11H19NO2S/c1-11(5-4-8-15-11)9(10(13)14)12-6-2-3-7-12/h9H,2-8H2,1H3,(H,13,14). The largest absolute Gasteiger partial charge is 0.480 e. The molecule has 2 atom stereocenters. The fourth-order valence-electron chi connectivity index (χ4n) is 2.82. The molecule has 15 heavy (non-hydrogen) atoms. The number of likely N-dealkylation sites (tertiary alicyclic amines) is 1. The number of hydrogen-bond donors (Lipinski definition) is 1. The van der Waals surface area contributed by atoms with Crippen molar-refractivity contribution in [3.63, 3.8) is 0 Å². The van der Waals surface area contributed by atoms with Gasteiger partial charge in [0.1, 0.15) is 6.04 Å². The van der Waals surface area contributed by atoms with E-state index in [9.17, 15) is 9.90 Å². The zero-order valence-corrected chi connectivity index (χ0v) is 10.1. The summed E-state index contributed by atoms with van der Waals surface area (Å²) in [5.41, 5.74) is 0. The van der Waals surface area contributed by atoms with Crippen LogP contribution in [0.2, 0.25) is 0 Å². The Balaban J connectivity index is 2.14. The maximum absolute atomic E-state index is 11.4. The summed E-state index contributed by atoms with van der Waals surface area (Å²) >= 11 is 1.85. The molecule has 0 bridgehead atoms. The van der Waals surface area contributed by atoms with Gasteiger partial charge in [-0.15, -0.1) is 0 Å². The molecular weight excluding hydrogens is 210 g/mol. The predicted molar refractivity (Wildman–Crippen MR) is 62.3 cm³/mol. The highest BCUT2D eigenvalue weighted by atomic mass is 32.2. The highest BCUT2D eigenvalue weighted by Gasteiger charge is 2.45. The molecule has 2 saturated heterocycles. The maximum atomic E-state index is 11.4. The molecule has 2 heterocycles. The monoisotopic (exact) mass is 229 g/mol. The predicted octanol–water partition coefficient (Wildman–Crippen LogP) is 1.82. The molecule has 2 fully saturated rings. The Morgan fingerprint density at radius 1 is 1.40 bits per heavy atom. The van der Waals surface area contributed by atoms with Gasteiger partial charge in [0, 0.05) is 4.75 Å². The normalized spacial score (nSPS) is 34.5. The fourth-order valence-corrected chi connectivity index (χ4v) is 4.27. The van der Waals surface area contributed by atoms with Gasteiger partial charge in [0.05, 0.1) is 0 Å². The Bertz CT molecular complexity index is 245. The van der Waals surface area contributed by atoms with Gasteiger partial charge in [-0.1, -0.05) is 0 Å². The van der Waals surface area contributed by atoms with Gasteiger partial charge in [-0.3, -0.25) is 9.69 Å². The summed E-state index contributed by atoms with van der Waals surface area (Å²) in [7, 11) is 0. The Morgan fingerprint density at radius 2 is 2.07 bits per heavy atom. The van der Waals surface area contributed by atoms with Crippen molar-refractivity contribution in [1.29, 1.82) is 0 Å². The van der Waals surface area contributed by atoms with Crippen molar-refractivity contribution in [2.45, 2.75) is 43.4 Å². The van der Waals surface area contributed by atoms with E-state index in [1.165, 1.54) is 6.42 Å². The number of thioether (sulfide) groups is 1. The zero-order chi connectivity index (χ0) is 10.9. The summed E-state index contributed by atoms with van der Waals surface area (Å²) < 4.78 is -0.0594. The van der Waals surface area contributed by atoms with E-state index in [1.54, 1.807) is 0 Å². The van der Waals surface area contributed by atoms with Crippen LogP contribution < -0.4 is 0 Å². The van der Waals surface area contributed by atoms with Crippen LogP contribution in [0.5, 0.6) is 0 Å². The quantitative estimate of drug-likeness (QED) is 0.801. The topological polar surface area (TPSA) is 40.5 Å². The molecule has 3 nitrogen and oxygen atoms in total. The van der Waals surface area contributed by atoms with Crippen LogP contribution in [-0.2, 0) is 4.79 Å². The second kappa shape index (κ2) is 4.34. The second-order valence-corrected chi connectivity index (χ2v) is 6.38. The number of hydrogen-bond acceptors (Lipinski definition) is 3. The van der Waals surface area contributed by atoms with Crippen LogP contribution in [-0.4, -0.2) is 45.6 Å². The average molecular weight is 229 g/mol. The average Bonchev–Trinajstić information content (AvgIpc) is 2.77. The minimum absolute atomic E-state index is 0.0594. The minimum Gasteiger partial charge on any atom is -0.480 e. The van der Waals surface area contributed by atoms with Crippen LogP contribution in [0.25, 0.3) is 0 Å². The Hall–Kier alpha value is -0.220. The molecule has 0 aliphatic carbocycles. The molecule has 0 aromatic carbocycles. The molecule has 86 valence electrons. The van der Waals surface area contributed by atoms with Gasteiger partial charge in [-0.25, -0.2) is 0 Å². The van der Waals surface area contributed by atoms with Crippen LogP contribution in [0.1, 0.15) is 32.6 Å². The lowest BCUT2D eigenvalue weighted by atomic mass is 9.95. The van der Waals surface area contributed by atoms with E-state index >= 15 is 0 Å². The molecular formula is C11H19NO2S. The minimum atomic E-state index is -0.631. The van der Waals surface area contributed by atoms with Crippen LogP contribution in [0.4, 0.5) is 0 Å². The number of aliphatic carboxylic acids is 1. The number of nitrogens with zero attached hydrogens (tertiary/aromatic N) is 1. The summed E-state index contributed by atoms with van der Waals surface area (Å²) in [4.78, 5) is 13.6. The van der Waals surface area contributed by atoms with Crippen molar-refractivity contribution in [3.05, 3.63) is 0 Å². The Labute approximate surface area is 95.2 Å². The van der Waals surface area contributed by atoms with Crippen molar-refractivity contribution >= 4 is 17.7 Å². The molecule has 0 radical (unpaired) electrons. The van der Waals surface area contributed by atoms with Crippen LogP contribution >= 0.6 is 11.8 Å². The molecule has 0 spiro atoms. The first-order valence-corrected chi connectivity index (χ1v) is 6.73. The molecule has 2 aliphatic rings. The van der Waals surface area contributed by atoms with Crippen molar-refractivity contribution in [2.24, 2.45) is 0 Å². The van der Waals surface area contributed by atoms with Crippen molar-refractivity contribution in [2.75, 3.05) is 18.8 Å². The van der Waals surface area contributed by atoms with Gasteiger partial charge in [-0.05, 0) is 51.4 Å². The third kappa shape index (κ3) is 2.16. The molecule has 2 aliphatic heterocycles. The first-order chi connectivity index (χ1) is 7.13. The molecule has 0 aromatic heterocycles. The molecule has 2 rings (SSSR count). The van der Waals surface area contributed by atoms with Gasteiger partial charge >= 0.3 is 5.97 Å². The molecule has 0 aromatic rings. The van der Waals surface area contributed by atoms with E-state index in [1.807, 2.05) is 11.8 Å². The van der Waals surface area contributed by atoms with Crippen LogP contribution in [0, 0.1) is 0 Å². The van der Waals surface area contributed by atoms with Crippen LogP contribution in [0.15, 0.2) is 0 Å². The van der Waals surface area contributed by atoms with Crippen molar-refractivity contribution in [3.8, 4) is 0 Å². The van der Waals surface area contributed by atoms with Crippen LogP contribution in [0.3, 0.4) is 0 Å². The lowest BCUT2D eigenvalue weighted by Crippen LogP contribution is -2.52. The summed E-state index contributed by atoms with van der Waals surface area (Å²) in [5, 5.41) is 9.40. The SMILES string of the molecule is CC1(C(C(=O)O)N2CCCC2)CCCS1. The number of carbonyl (C=O) groups is 1. The Kier molecular flexibility index (Phi) is 3.26. The smallest absolute Gasteiger partial charge is 0.322 e. The molecule has 1 N–H and O–H groups in total. The lowest BCUT2D eigenvalue weighted by molar-refractivity contribution is -0.144. The molecule has 0 saturated carbocycles. The molecule has 0 amide bonds. The van der Waals surface area contributed by atoms with E-state index < -0.39 is 5.97 Å². The third-order valence-electron chi connectivity index (χ3n) is 3.57. The van der Waals surface area contributed by atoms with E-state index in [0.717, 1.165) is 38.1 Å². The first-order valence-electron chi connectivity index (χ1n) is 5.74. The summed E-state index contributed by atoms with van der Waals surface area (Å²) in [6.07, 6.45) is 4.53. The second-order valence-electron chi connectivity index (χ2n) is 4.75.